The maximum Gasteiger partial charge on any atom is 0.208 e. The van der Waals surface area contributed by atoms with E-state index in [9.17, 15) is 0 Å². The molecule has 0 atom stereocenters. The zero-order valence-corrected chi connectivity index (χ0v) is 21.6. The number of hydrogen-bond acceptors (Lipinski definition) is 4. The zero-order valence-electron chi connectivity index (χ0n) is 19.3. The molecule has 0 spiro atoms. The van der Waals surface area contributed by atoms with E-state index in [2.05, 4.69) is 61.0 Å². The summed E-state index contributed by atoms with van der Waals surface area (Å²) in [5.41, 5.74) is 3.53. The number of aliphatic imine (C=N–C) groups is 1. The van der Waals surface area contributed by atoms with Gasteiger partial charge in [0.2, 0.25) is 5.89 Å². The molecule has 1 aromatic carbocycles. The topological polar surface area (TPSA) is 81.5 Å². The number of benzene rings is 1. The van der Waals surface area contributed by atoms with Gasteiger partial charge in [0, 0.05) is 37.2 Å². The second-order valence-electron chi connectivity index (χ2n) is 8.46. The van der Waals surface area contributed by atoms with Crippen LogP contribution in [0.2, 0.25) is 0 Å². The molecule has 3 aromatic rings. The maximum atomic E-state index is 5.73. The Morgan fingerprint density at radius 3 is 2.72 bits per heavy atom. The van der Waals surface area contributed by atoms with E-state index in [0.717, 1.165) is 62.4 Å². The SMILES string of the molecule is CN=C(NCCc1c[nH]c2ccccc12)NCC1CCN(Cc2nc(C)c(C)o2)CC1.I. The Kier molecular flexibility index (Phi) is 8.98. The van der Waals surface area contributed by atoms with Crippen molar-refractivity contribution in [1.82, 2.24) is 25.5 Å². The van der Waals surface area contributed by atoms with Crippen LogP contribution in [0.1, 0.15) is 35.7 Å². The van der Waals surface area contributed by atoms with Gasteiger partial charge in [-0.05, 0) is 63.7 Å². The first kappa shape index (κ1) is 24.6. The second kappa shape index (κ2) is 11.7. The van der Waals surface area contributed by atoms with E-state index in [4.69, 9.17) is 4.42 Å². The van der Waals surface area contributed by atoms with Crippen molar-refractivity contribution in [2.75, 3.05) is 33.2 Å². The number of guanidine groups is 1. The molecule has 0 aliphatic carbocycles. The molecular formula is C24H35IN6O. The Morgan fingerprint density at radius 1 is 1.22 bits per heavy atom. The third-order valence-corrected chi connectivity index (χ3v) is 6.28. The molecule has 32 heavy (non-hydrogen) atoms. The summed E-state index contributed by atoms with van der Waals surface area (Å²) in [5, 5.41) is 8.27. The van der Waals surface area contributed by atoms with Gasteiger partial charge < -0.3 is 20.0 Å². The van der Waals surface area contributed by atoms with Gasteiger partial charge in [0.25, 0.3) is 0 Å². The summed E-state index contributed by atoms with van der Waals surface area (Å²) in [6.07, 6.45) is 5.43. The summed E-state index contributed by atoms with van der Waals surface area (Å²) < 4.78 is 5.73. The van der Waals surface area contributed by atoms with Crippen molar-refractivity contribution < 1.29 is 4.42 Å². The van der Waals surface area contributed by atoms with Gasteiger partial charge in [0.1, 0.15) is 5.76 Å². The van der Waals surface area contributed by atoms with Crippen LogP contribution in [-0.2, 0) is 13.0 Å². The van der Waals surface area contributed by atoms with Gasteiger partial charge >= 0.3 is 0 Å². The predicted molar refractivity (Wildman–Crippen MR) is 141 cm³/mol. The molecule has 7 nitrogen and oxygen atoms in total. The smallest absolute Gasteiger partial charge is 0.208 e. The molecular weight excluding hydrogens is 515 g/mol. The first-order valence-corrected chi connectivity index (χ1v) is 11.3. The molecule has 1 aliphatic rings. The van der Waals surface area contributed by atoms with E-state index in [1.54, 1.807) is 0 Å². The van der Waals surface area contributed by atoms with Crippen LogP contribution in [0.5, 0.6) is 0 Å². The van der Waals surface area contributed by atoms with Crippen molar-refractivity contribution in [3.05, 3.63) is 53.4 Å². The lowest BCUT2D eigenvalue weighted by atomic mass is 9.97. The number of aryl methyl sites for hydroxylation is 2. The number of likely N-dealkylation sites (tertiary alicyclic amines) is 1. The van der Waals surface area contributed by atoms with Gasteiger partial charge in [0.15, 0.2) is 5.96 Å². The van der Waals surface area contributed by atoms with Gasteiger partial charge in [-0.1, -0.05) is 18.2 Å². The van der Waals surface area contributed by atoms with Crippen LogP contribution in [0.25, 0.3) is 10.9 Å². The Morgan fingerprint density at radius 2 is 2.00 bits per heavy atom. The first-order valence-electron chi connectivity index (χ1n) is 11.3. The normalized spacial score (nSPS) is 15.7. The fraction of sp³-hybridized carbons (Fsp3) is 0.500. The number of halogens is 1. The summed E-state index contributed by atoms with van der Waals surface area (Å²) in [7, 11) is 1.84. The molecule has 2 aromatic heterocycles. The predicted octanol–water partition coefficient (Wildman–Crippen LogP) is 4.01. The molecule has 174 valence electrons. The molecule has 8 heteroatoms. The highest BCUT2D eigenvalue weighted by Crippen LogP contribution is 2.20. The zero-order chi connectivity index (χ0) is 21.6. The number of fused-ring (bicyclic) bond motifs is 1. The molecule has 3 heterocycles. The van der Waals surface area contributed by atoms with Crippen LogP contribution in [-0.4, -0.2) is 54.1 Å². The highest BCUT2D eigenvalue weighted by Gasteiger charge is 2.21. The summed E-state index contributed by atoms with van der Waals surface area (Å²) in [6.45, 7) is 8.77. The lowest BCUT2D eigenvalue weighted by molar-refractivity contribution is 0.164. The van der Waals surface area contributed by atoms with Crippen molar-refractivity contribution in [2.45, 2.75) is 39.7 Å². The van der Waals surface area contributed by atoms with E-state index in [1.165, 1.54) is 29.3 Å². The maximum absolute atomic E-state index is 5.73. The highest BCUT2D eigenvalue weighted by atomic mass is 127. The van der Waals surface area contributed by atoms with E-state index in [0.29, 0.717) is 5.92 Å². The standard InChI is InChI=1S/C24H34N6O.HI/c1-17-18(2)31-23(29-17)16-30-12-9-19(10-13-30)14-28-24(25-3)26-11-8-20-15-27-22-7-5-4-6-21(20)22;/h4-7,15,19,27H,8-14,16H2,1-3H3,(H2,25,26,28);1H. The molecule has 1 saturated heterocycles. The second-order valence-corrected chi connectivity index (χ2v) is 8.46. The largest absolute Gasteiger partial charge is 0.444 e. The molecule has 0 radical (unpaired) electrons. The first-order chi connectivity index (χ1) is 15.1. The summed E-state index contributed by atoms with van der Waals surface area (Å²) >= 11 is 0. The minimum atomic E-state index is 0. The minimum Gasteiger partial charge on any atom is -0.444 e. The molecule has 1 aliphatic heterocycles. The number of oxazole rings is 1. The van der Waals surface area contributed by atoms with Crippen molar-refractivity contribution in [1.29, 1.82) is 0 Å². The van der Waals surface area contributed by atoms with Crippen LogP contribution in [0, 0.1) is 19.8 Å². The molecule has 0 saturated carbocycles. The van der Waals surface area contributed by atoms with Crippen molar-refractivity contribution in [2.24, 2.45) is 10.9 Å². The molecule has 3 N–H and O–H groups in total. The fourth-order valence-electron chi connectivity index (χ4n) is 4.26. The van der Waals surface area contributed by atoms with Gasteiger partial charge in [-0.25, -0.2) is 4.98 Å². The van der Waals surface area contributed by atoms with Gasteiger partial charge in [-0.3, -0.25) is 9.89 Å². The van der Waals surface area contributed by atoms with Gasteiger partial charge in [0.05, 0.1) is 12.2 Å². The quantitative estimate of drug-likeness (QED) is 0.235. The van der Waals surface area contributed by atoms with Crippen LogP contribution < -0.4 is 10.6 Å². The number of aromatic amines is 1. The fourth-order valence-corrected chi connectivity index (χ4v) is 4.26. The van der Waals surface area contributed by atoms with Crippen molar-refractivity contribution in [3.8, 4) is 0 Å². The molecule has 4 rings (SSSR count). The van der Waals surface area contributed by atoms with E-state index < -0.39 is 0 Å². The number of hydrogen-bond donors (Lipinski definition) is 3. The molecule has 0 unspecified atom stereocenters. The Labute approximate surface area is 207 Å². The number of aromatic nitrogens is 2. The summed E-state index contributed by atoms with van der Waals surface area (Å²) in [5.74, 6) is 3.31. The number of rotatable bonds is 7. The number of H-pyrrole nitrogens is 1. The van der Waals surface area contributed by atoms with Gasteiger partial charge in [-0.2, -0.15) is 0 Å². The number of nitrogens with one attached hydrogen (secondary N) is 3. The van der Waals surface area contributed by atoms with Crippen molar-refractivity contribution in [3.63, 3.8) is 0 Å². The van der Waals surface area contributed by atoms with E-state index >= 15 is 0 Å². The lowest BCUT2D eigenvalue weighted by Crippen LogP contribution is -2.43. The highest BCUT2D eigenvalue weighted by molar-refractivity contribution is 14.0. The Balaban J connectivity index is 0.00000289. The lowest BCUT2D eigenvalue weighted by Gasteiger charge is -2.31. The Bertz CT molecular complexity index is 999. The monoisotopic (exact) mass is 550 g/mol. The third kappa shape index (κ3) is 6.25. The van der Waals surface area contributed by atoms with Crippen LogP contribution in [0.4, 0.5) is 0 Å². The summed E-state index contributed by atoms with van der Waals surface area (Å²) in [4.78, 5) is 14.7. The van der Waals surface area contributed by atoms with Crippen molar-refractivity contribution >= 4 is 40.8 Å². The minimum absolute atomic E-state index is 0. The molecule has 0 amide bonds. The summed E-state index contributed by atoms with van der Waals surface area (Å²) in [6, 6.07) is 8.44. The average Bonchev–Trinajstić information content (AvgIpc) is 3.34. The Hall–Kier alpha value is -2.07. The number of piperidine rings is 1. The van der Waals surface area contributed by atoms with E-state index in [-0.39, 0.29) is 24.0 Å². The average molecular weight is 550 g/mol. The van der Waals surface area contributed by atoms with Crippen LogP contribution in [0.15, 0.2) is 39.9 Å². The number of para-hydroxylation sites is 1. The molecule has 1 fully saturated rings. The van der Waals surface area contributed by atoms with Gasteiger partial charge in [-0.15, -0.1) is 24.0 Å². The third-order valence-electron chi connectivity index (χ3n) is 6.28. The van der Waals surface area contributed by atoms with E-state index in [1.807, 2.05) is 20.9 Å². The molecule has 0 bridgehead atoms. The van der Waals surface area contributed by atoms with Crippen LogP contribution in [0.3, 0.4) is 0 Å². The number of nitrogens with zero attached hydrogens (tertiary/aromatic N) is 3. The van der Waals surface area contributed by atoms with Crippen LogP contribution >= 0.6 is 24.0 Å².